The number of non-ortho nitro benzene ring substituents is 1. The van der Waals surface area contributed by atoms with Crippen molar-refractivity contribution in [1.82, 2.24) is 4.98 Å². The van der Waals surface area contributed by atoms with Gasteiger partial charge in [0.1, 0.15) is 0 Å². The van der Waals surface area contributed by atoms with E-state index in [9.17, 15) is 14.9 Å². The van der Waals surface area contributed by atoms with Crippen LogP contribution in [0.3, 0.4) is 0 Å². The lowest BCUT2D eigenvalue weighted by Gasteiger charge is -1.92. The maximum atomic E-state index is 10.7. The molecule has 2 aromatic rings. The number of aromatic nitrogens is 1. The molecule has 7 heteroatoms. The van der Waals surface area contributed by atoms with Gasteiger partial charge >= 0.3 is 0 Å². The van der Waals surface area contributed by atoms with Gasteiger partial charge in [0.25, 0.3) is 5.69 Å². The Balaban J connectivity index is 2.16. The first-order valence-electron chi connectivity index (χ1n) is 5.32. The largest absolute Gasteiger partial charge is 0.288 e. The number of nitro groups is 1. The van der Waals surface area contributed by atoms with E-state index < -0.39 is 4.92 Å². The number of hydrogen-bond acceptors (Lipinski definition) is 5. The Kier molecular flexibility index (Phi) is 3.93. The Labute approximate surface area is 112 Å². The molecule has 18 heavy (non-hydrogen) atoms. The van der Waals surface area contributed by atoms with Gasteiger partial charge < -0.3 is 0 Å². The SMILES string of the molecule is O=C(S)CCCc1nc2ccc([N+](=O)[O-])cc2s1. The van der Waals surface area contributed by atoms with E-state index in [2.05, 4.69) is 17.6 Å². The van der Waals surface area contributed by atoms with E-state index in [1.54, 1.807) is 6.07 Å². The topological polar surface area (TPSA) is 73.1 Å². The number of nitro benzene ring substituents is 1. The summed E-state index contributed by atoms with van der Waals surface area (Å²) in [5.41, 5.74) is 0.834. The lowest BCUT2D eigenvalue weighted by molar-refractivity contribution is -0.384. The molecule has 0 aliphatic carbocycles. The summed E-state index contributed by atoms with van der Waals surface area (Å²) < 4.78 is 0.802. The number of rotatable bonds is 5. The Morgan fingerprint density at radius 3 is 2.94 bits per heavy atom. The second kappa shape index (κ2) is 5.45. The highest BCUT2D eigenvalue weighted by Gasteiger charge is 2.10. The summed E-state index contributed by atoms with van der Waals surface area (Å²) in [5, 5.41) is 11.4. The van der Waals surface area contributed by atoms with Crippen LogP contribution >= 0.6 is 24.0 Å². The number of carbonyl (C=O) groups excluding carboxylic acids is 1. The van der Waals surface area contributed by atoms with Crippen molar-refractivity contribution in [2.45, 2.75) is 19.3 Å². The predicted octanol–water partition coefficient (Wildman–Crippen LogP) is 2.98. The number of carbonyl (C=O) groups is 1. The van der Waals surface area contributed by atoms with Gasteiger partial charge in [0.15, 0.2) is 5.12 Å². The number of benzene rings is 1. The molecule has 1 aromatic heterocycles. The van der Waals surface area contributed by atoms with Crippen molar-refractivity contribution < 1.29 is 9.72 Å². The van der Waals surface area contributed by atoms with Crippen molar-refractivity contribution in [3.05, 3.63) is 33.3 Å². The summed E-state index contributed by atoms with van der Waals surface area (Å²) in [6, 6.07) is 4.63. The second-order valence-corrected chi connectivity index (χ2v) is 5.38. The fourth-order valence-corrected chi connectivity index (χ4v) is 2.77. The molecule has 1 heterocycles. The highest BCUT2D eigenvalue weighted by Crippen LogP contribution is 2.27. The highest BCUT2D eigenvalue weighted by atomic mass is 32.1. The first kappa shape index (κ1) is 13.0. The van der Waals surface area contributed by atoms with Crippen molar-refractivity contribution in [3.8, 4) is 0 Å². The molecule has 0 spiro atoms. The van der Waals surface area contributed by atoms with Gasteiger partial charge in [-0.1, -0.05) is 0 Å². The first-order chi connectivity index (χ1) is 8.56. The molecule has 0 aliphatic rings. The van der Waals surface area contributed by atoms with Gasteiger partial charge in [0.05, 0.1) is 20.1 Å². The van der Waals surface area contributed by atoms with Crippen molar-refractivity contribution in [2.75, 3.05) is 0 Å². The number of fused-ring (bicyclic) bond motifs is 1. The molecule has 0 saturated heterocycles. The van der Waals surface area contributed by atoms with Crippen LogP contribution in [-0.4, -0.2) is 15.0 Å². The molecule has 0 aliphatic heterocycles. The monoisotopic (exact) mass is 282 g/mol. The summed E-state index contributed by atoms with van der Waals surface area (Å²) in [5.74, 6) is 0. The standard InChI is InChI=1S/C11H10N2O3S2/c14-11(17)3-1-2-10-12-8-5-4-7(13(15)16)6-9(8)18-10/h4-6H,1-3H2,(H,14,17). The molecule has 2 rings (SSSR count). The number of hydrogen-bond donors (Lipinski definition) is 1. The zero-order valence-electron chi connectivity index (χ0n) is 9.33. The highest BCUT2D eigenvalue weighted by molar-refractivity contribution is 7.96. The van der Waals surface area contributed by atoms with Gasteiger partial charge in [-0.3, -0.25) is 14.9 Å². The van der Waals surface area contributed by atoms with Crippen molar-refractivity contribution >= 4 is 45.0 Å². The van der Waals surface area contributed by atoms with E-state index in [0.717, 1.165) is 15.2 Å². The van der Waals surface area contributed by atoms with Crippen LogP contribution in [0.15, 0.2) is 18.2 Å². The normalized spacial score (nSPS) is 10.7. The van der Waals surface area contributed by atoms with Crippen LogP contribution in [0.25, 0.3) is 10.2 Å². The Morgan fingerprint density at radius 1 is 1.50 bits per heavy atom. The van der Waals surface area contributed by atoms with Crippen molar-refractivity contribution in [2.24, 2.45) is 0 Å². The van der Waals surface area contributed by atoms with Gasteiger partial charge in [0, 0.05) is 18.6 Å². The molecular weight excluding hydrogens is 272 g/mol. The third kappa shape index (κ3) is 3.05. The lowest BCUT2D eigenvalue weighted by atomic mass is 10.2. The summed E-state index contributed by atoms with van der Waals surface area (Å²) in [4.78, 5) is 25.3. The van der Waals surface area contributed by atoms with E-state index in [-0.39, 0.29) is 10.8 Å². The second-order valence-electron chi connectivity index (χ2n) is 3.76. The maximum Gasteiger partial charge on any atom is 0.270 e. The minimum Gasteiger partial charge on any atom is -0.288 e. The third-order valence-corrected chi connectivity index (χ3v) is 3.71. The number of thiazole rings is 1. The molecule has 94 valence electrons. The summed E-state index contributed by atoms with van der Waals surface area (Å²) in [6.45, 7) is 0. The zero-order chi connectivity index (χ0) is 13.1. The fraction of sp³-hybridized carbons (Fsp3) is 0.273. The molecule has 0 atom stereocenters. The van der Waals surface area contributed by atoms with Crippen LogP contribution in [-0.2, 0) is 11.2 Å². The smallest absolute Gasteiger partial charge is 0.270 e. The quantitative estimate of drug-likeness (QED) is 0.520. The maximum absolute atomic E-state index is 10.7. The molecule has 0 saturated carbocycles. The predicted molar refractivity (Wildman–Crippen MR) is 73.2 cm³/mol. The average molecular weight is 282 g/mol. The van der Waals surface area contributed by atoms with Crippen molar-refractivity contribution in [1.29, 1.82) is 0 Å². The number of aryl methyl sites for hydroxylation is 1. The zero-order valence-corrected chi connectivity index (χ0v) is 11.0. The summed E-state index contributed by atoms with van der Waals surface area (Å²) in [6.07, 6.45) is 1.81. The molecule has 0 amide bonds. The summed E-state index contributed by atoms with van der Waals surface area (Å²) >= 11 is 5.13. The van der Waals surface area contributed by atoms with Gasteiger partial charge in [-0.05, 0) is 18.9 Å². The van der Waals surface area contributed by atoms with E-state index >= 15 is 0 Å². The molecule has 1 aromatic carbocycles. The molecule has 0 unspecified atom stereocenters. The van der Waals surface area contributed by atoms with Gasteiger partial charge in [-0.15, -0.1) is 24.0 Å². The Hall–Kier alpha value is -1.47. The third-order valence-electron chi connectivity index (χ3n) is 2.41. The molecule has 0 bridgehead atoms. The average Bonchev–Trinajstić information content (AvgIpc) is 2.69. The fourth-order valence-electron chi connectivity index (χ4n) is 1.57. The van der Waals surface area contributed by atoms with Crippen LogP contribution in [0.1, 0.15) is 17.8 Å². The Morgan fingerprint density at radius 2 is 2.28 bits per heavy atom. The molecule has 0 fully saturated rings. The van der Waals surface area contributed by atoms with Crippen LogP contribution in [0, 0.1) is 10.1 Å². The van der Waals surface area contributed by atoms with E-state index in [4.69, 9.17) is 0 Å². The van der Waals surface area contributed by atoms with E-state index in [1.165, 1.54) is 23.5 Å². The number of nitrogens with zero attached hydrogens (tertiary/aromatic N) is 2. The van der Waals surface area contributed by atoms with Gasteiger partial charge in [0.2, 0.25) is 0 Å². The summed E-state index contributed by atoms with van der Waals surface area (Å²) in [7, 11) is 0. The Bertz CT molecular complexity index is 609. The van der Waals surface area contributed by atoms with Crippen LogP contribution in [0.2, 0.25) is 0 Å². The van der Waals surface area contributed by atoms with Gasteiger partial charge in [-0.25, -0.2) is 4.98 Å². The van der Waals surface area contributed by atoms with Crippen LogP contribution in [0.5, 0.6) is 0 Å². The molecule has 0 radical (unpaired) electrons. The lowest BCUT2D eigenvalue weighted by Crippen LogP contribution is -1.89. The minimum absolute atomic E-state index is 0.0724. The van der Waals surface area contributed by atoms with Crippen molar-refractivity contribution in [3.63, 3.8) is 0 Å². The van der Waals surface area contributed by atoms with Crippen LogP contribution < -0.4 is 0 Å². The molecule has 5 nitrogen and oxygen atoms in total. The minimum atomic E-state index is -0.418. The van der Waals surface area contributed by atoms with E-state index in [1.807, 2.05) is 0 Å². The number of thiol groups is 1. The first-order valence-corrected chi connectivity index (χ1v) is 6.58. The van der Waals surface area contributed by atoms with Gasteiger partial charge in [-0.2, -0.15) is 0 Å². The van der Waals surface area contributed by atoms with E-state index in [0.29, 0.717) is 19.3 Å². The molecular formula is C11H10N2O3S2. The van der Waals surface area contributed by atoms with Crippen LogP contribution in [0.4, 0.5) is 5.69 Å². The molecule has 0 N–H and O–H groups in total.